The van der Waals surface area contributed by atoms with E-state index in [0.717, 1.165) is 12.3 Å². The van der Waals surface area contributed by atoms with E-state index in [4.69, 9.17) is 10.2 Å². The van der Waals surface area contributed by atoms with Crippen LogP contribution in [0.2, 0.25) is 0 Å². The second-order valence-electron chi connectivity index (χ2n) is 4.16. The monoisotopic (exact) mass is 276 g/mol. The molecule has 1 rings (SSSR count). The van der Waals surface area contributed by atoms with Crippen molar-refractivity contribution in [3.8, 4) is 0 Å². The van der Waals surface area contributed by atoms with Crippen molar-refractivity contribution in [1.82, 2.24) is 9.71 Å². The van der Waals surface area contributed by atoms with Crippen molar-refractivity contribution in [3.05, 3.63) is 18.0 Å². The van der Waals surface area contributed by atoms with Crippen LogP contribution >= 0.6 is 0 Å². The summed E-state index contributed by atoms with van der Waals surface area (Å²) in [6, 6.07) is 0.595. The molecule has 8 heteroatoms. The number of hydrogen-bond acceptors (Lipinski definition) is 4. The van der Waals surface area contributed by atoms with Crippen molar-refractivity contribution >= 4 is 16.0 Å². The molecule has 2 atom stereocenters. The smallest absolute Gasteiger partial charge is 0.352 e. The minimum atomic E-state index is -3.77. The maximum atomic E-state index is 11.9. The van der Waals surface area contributed by atoms with Gasteiger partial charge in [0.15, 0.2) is 0 Å². The molecular formula is C10H16N2O5S. The molecule has 0 amide bonds. The average Bonchev–Trinajstić information content (AvgIpc) is 2.63. The molecule has 0 saturated carbocycles. The molecule has 0 aliphatic heterocycles. The highest BCUT2D eigenvalue weighted by atomic mass is 32.2. The molecule has 18 heavy (non-hydrogen) atoms. The Morgan fingerprint density at radius 1 is 1.50 bits per heavy atom. The summed E-state index contributed by atoms with van der Waals surface area (Å²) >= 11 is 0. The fraction of sp³-hybridized carbons (Fsp3) is 0.500. The first kappa shape index (κ1) is 14.7. The second-order valence-corrected chi connectivity index (χ2v) is 5.88. The highest BCUT2D eigenvalue weighted by Crippen LogP contribution is 2.12. The van der Waals surface area contributed by atoms with E-state index in [1.54, 1.807) is 13.8 Å². The zero-order valence-electron chi connectivity index (χ0n) is 10.0. The van der Waals surface area contributed by atoms with Crippen LogP contribution in [0.1, 0.15) is 30.8 Å². The minimum Gasteiger partial charge on any atom is -0.477 e. The number of carboxylic acid groups (broad SMARTS) is 1. The first-order valence-electron chi connectivity index (χ1n) is 5.34. The molecule has 102 valence electrons. The van der Waals surface area contributed by atoms with Gasteiger partial charge >= 0.3 is 5.97 Å². The van der Waals surface area contributed by atoms with Crippen molar-refractivity contribution in [3.63, 3.8) is 0 Å². The molecule has 0 spiro atoms. The molecule has 4 N–H and O–H groups in total. The van der Waals surface area contributed by atoms with Crippen molar-refractivity contribution < 1.29 is 23.4 Å². The molecule has 0 aromatic carbocycles. The van der Waals surface area contributed by atoms with E-state index in [1.165, 1.54) is 0 Å². The van der Waals surface area contributed by atoms with E-state index in [2.05, 4.69) is 9.71 Å². The van der Waals surface area contributed by atoms with E-state index in [0.29, 0.717) is 0 Å². The van der Waals surface area contributed by atoms with Gasteiger partial charge in [0, 0.05) is 12.2 Å². The van der Waals surface area contributed by atoms with Gasteiger partial charge in [-0.3, -0.25) is 0 Å². The highest BCUT2D eigenvalue weighted by molar-refractivity contribution is 7.89. The number of carbonyl (C=O) groups is 1. The van der Waals surface area contributed by atoms with E-state index in [9.17, 15) is 13.2 Å². The second kappa shape index (κ2) is 5.51. The zero-order chi connectivity index (χ0) is 13.9. The summed E-state index contributed by atoms with van der Waals surface area (Å²) in [4.78, 5) is 12.8. The Balaban J connectivity index is 2.82. The van der Waals surface area contributed by atoms with Gasteiger partial charge in [-0.2, -0.15) is 0 Å². The first-order chi connectivity index (χ1) is 8.22. The van der Waals surface area contributed by atoms with Crippen LogP contribution in [0.15, 0.2) is 17.2 Å². The summed E-state index contributed by atoms with van der Waals surface area (Å²) in [5.41, 5.74) is -0.196. The maximum absolute atomic E-state index is 11.9. The lowest BCUT2D eigenvalue weighted by molar-refractivity contribution is 0.0691. The van der Waals surface area contributed by atoms with Crippen LogP contribution in [0.4, 0.5) is 0 Å². The largest absolute Gasteiger partial charge is 0.477 e. The van der Waals surface area contributed by atoms with Gasteiger partial charge < -0.3 is 15.2 Å². The van der Waals surface area contributed by atoms with Gasteiger partial charge in [-0.05, 0) is 26.3 Å². The number of rotatable bonds is 6. The molecule has 1 aromatic rings. The summed E-state index contributed by atoms with van der Waals surface area (Å²) in [7, 11) is -3.77. The van der Waals surface area contributed by atoms with Crippen molar-refractivity contribution in [1.29, 1.82) is 0 Å². The molecule has 7 nitrogen and oxygen atoms in total. The molecule has 0 saturated heterocycles. The van der Waals surface area contributed by atoms with Gasteiger partial charge in [0.2, 0.25) is 10.0 Å². The third kappa shape index (κ3) is 3.83. The van der Waals surface area contributed by atoms with E-state index < -0.39 is 28.1 Å². The average molecular weight is 276 g/mol. The lowest BCUT2D eigenvalue weighted by atomic mass is 10.2. The molecule has 0 bridgehead atoms. The fourth-order valence-corrected chi connectivity index (χ4v) is 2.79. The number of aliphatic hydroxyl groups is 1. The van der Waals surface area contributed by atoms with Gasteiger partial charge in [0.1, 0.15) is 10.6 Å². The van der Waals surface area contributed by atoms with Crippen LogP contribution in [-0.2, 0) is 10.0 Å². The summed E-state index contributed by atoms with van der Waals surface area (Å²) in [6.07, 6.45) is 0.763. The van der Waals surface area contributed by atoms with Gasteiger partial charge in [0.25, 0.3) is 0 Å². The topological polar surface area (TPSA) is 119 Å². The van der Waals surface area contributed by atoms with Crippen LogP contribution in [0.25, 0.3) is 0 Å². The lowest BCUT2D eigenvalue weighted by Gasteiger charge is -2.14. The predicted octanol–water partition coefficient (Wildman–Crippen LogP) is 0.151. The number of aromatic nitrogens is 1. The van der Waals surface area contributed by atoms with E-state index in [1.807, 2.05) is 0 Å². The van der Waals surface area contributed by atoms with Crippen molar-refractivity contribution in [2.45, 2.75) is 37.3 Å². The molecule has 1 aromatic heterocycles. The molecule has 1 heterocycles. The van der Waals surface area contributed by atoms with E-state index >= 15 is 0 Å². The van der Waals surface area contributed by atoms with Gasteiger partial charge in [-0.1, -0.05) is 0 Å². The highest BCUT2D eigenvalue weighted by Gasteiger charge is 2.21. The van der Waals surface area contributed by atoms with Crippen LogP contribution in [0.3, 0.4) is 0 Å². The predicted molar refractivity (Wildman–Crippen MR) is 63.8 cm³/mol. The SMILES string of the molecule is CC(O)CC(C)NS(=O)(=O)c1c[nH]c(C(=O)O)c1. The number of aromatic carboxylic acids is 1. The van der Waals surface area contributed by atoms with Crippen LogP contribution in [0.5, 0.6) is 0 Å². The van der Waals surface area contributed by atoms with Crippen LogP contribution in [-0.4, -0.2) is 41.7 Å². The minimum absolute atomic E-state index is 0.141. The summed E-state index contributed by atoms with van der Waals surface area (Å²) in [5.74, 6) is -1.23. The number of hydrogen-bond donors (Lipinski definition) is 4. The van der Waals surface area contributed by atoms with Crippen molar-refractivity contribution in [2.75, 3.05) is 0 Å². The number of sulfonamides is 1. The fourth-order valence-electron chi connectivity index (χ4n) is 1.55. The van der Waals surface area contributed by atoms with Gasteiger partial charge in [-0.25, -0.2) is 17.9 Å². The summed E-state index contributed by atoms with van der Waals surface area (Å²) in [5, 5.41) is 17.8. The third-order valence-electron chi connectivity index (χ3n) is 2.25. The molecule has 0 aliphatic carbocycles. The normalized spacial score (nSPS) is 15.3. The molecule has 0 radical (unpaired) electrons. The number of nitrogens with one attached hydrogen (secondary N) is 2. The Hall–Kier alpha value is -1.38. The van der Waals surface area contributed by atoms with Crippen molar-refractivity contribution in [2.24, 2.45) is 0 Å². The first-order valence-corrected chi connectivity index (χ1v) is 6.83. The Bertz CT molecular complexity index is 520. The number of aromatic amines is 1. The van der Waals surface area contributed by atoms with Crippen LogP contribution < -0.4 is 4.72 Å². The Morgan fingerprint density at radius 3 is 2.56 bits per heavy atom. The Morgan fingerprint density at radius 2 is 2.11 bits per heavy atom. The summed E-state index contributed by atoms with van der Waals surface area (Å²) < 4.78 is 26.1. The number of aliphatic hydroxyl groups excluding tert-OH is 1. The summed E-state index contributed by atoms with van der Waals surface area (Å²) in [6.45, 7) is 3.18. The molecule has 0 fully saturated rings. The zero-order valence-corrected chi connectivity index (χ0v) is 10.9. The van der Waals surface area contributed by atoms with Crippen LogP contribution in [0, 0.1) is 0 Å². The standard InChI is InChI=1S/C10H16N2O5S/c1-6(3-7(2)13)12-18(16,17)8-4-9(10(14)15)11-5-8/h4-7,11-13H,3H2,1-2H3,(H,14,15). The Kier molecular flexibility index (Phi) is 4.49. The molecular weight excluding hydrogens is 260 g/mol. The van der Waals surface area contributed by atoms with E-state index in [-0.39, 0.29) is 17.0 Å². The molecule has 0 aliphatic rings. The number of H-pyrrole nitrogens is 1. The third-order valence-corrected chi connectivity index (χ3v) is 3.82. The Labute approximate surface area is 105 Å². The molecule has 2 unspecified atom stereocenters. The van der Waals surface area contributed by atoms with Gasteiger partial charge in [0.05, 0.1) is 6.10 Å². The lowest BCUT2D eigenvalue weighted by Crippen LogP contribution is -2.34. The maximum Gasteiger partial charge on any atom is 0.352 e. The number of carboxylic acids is 1. The van der Waals surface area contributed by atoms with Gasteiger partial charge in [-0.15, -0.1) is 0 Å². The quantitative estimate of drug-likeness (QED) is 0.589.